The van der Waals surface area contributed by atoms with Crippen molar-refractivity contribution >= 4 is 43.8 Å². The molecule has 7 nitrogen and oxygen atoms in total. The Morgan fingerprint density at radius 3 is 2.84 bits per heavy atom. The average molecular weight is 502 g/mol. The van der Waals surface area contributed by atoms with Crippen LogP contribution in [0.3, 0.4) is 0 Å². The number of sulfonamides is 1. The van der Waals surface area contributed by atoms with Gasteiger partial charge in [0.2, 0.25) is 0 Å². The van der Waals surface area contributed by atoms with E-state index < -0.39 is 20.7 Å². The number of nitrogens with zero attached hydrogens (tertiary/aromatic N) is 1. The maximum atomic E-state index is 14.7. The molecule has 32 heavy (non-hydrogen) atoms. The number of nitrogens with one attached hydrogen (secondary N) is 4. The maximum Gasteiger partial charge on any atom is 0.266 e. The molecule has 0 bridgehead atoms. The van der Waals surface area contributed by atoms with Gasteiger partial charge in [-0.2, -0.15) is 0 Å². The second-order valence-electron chi connectivity index (χ2n) is 8.52. The predicted molar refractivity (Wildman–Crippen MR) is 128 cm³/mol. The Bertz CT molecular complexity index is 1000. The lowest BCUT2D eigenvalue weighted by Gasteiger charge is -2.31. The number of thiazole rings is 1. The van der Waals surface area contributed by atoms with Crippen molar-refractivity contribution < 1.29 is 12.8 Å². The summed E-state index contributed by atoms with van der Waals surface area (Å²) in [6, 6.07) is 3.38. The van der Waals surface area contributed by atoms with Gasteiger partial charge in [-0.25, -0.2) is 17.8 Å². The van der Waals surface area contributed by atoms with Gasteiger partial charge < -0.3 is 16.0 Å². The Morgan fingerprint density at radius 1 is 1.22 bits per heavy atom. The molecule has 2 fully saturated rings. The van der Waals surface area contributed by atoms with E-state index >= 15 is 0 Å². The second-order valence-corrected chi connectivity index (χ2v) is 11.5. The maximum absolute atomic E-state index is 14.7. The first kappa shape index (κ1) is 23.7. The van der Waals surface area contributed by atoms with Gasteiger partial charge >= 0.3 is 0 Å². The van der Waals surface area contributed by atoms with Crippen molar-refractivity contribution in [2.45, 2.75) is 55.5 Å². The summed E-state index contributed by atoms with van der Waals surface area (Å²) in [7, 11) is -4.11. The number of halogens is 2. The van der Waals surface area contributed by atoms with Crippen molar-refractivity contribution in [3.05, 3.63) is 34.5 Å². The van der Waals surface area contributed by atoms with Crippen molar-refractivity contribution in [1.82, 2.24) is 15.6 Å². The summed E-state index contributed by atoms with van der Waals surface area (Å²) in [5.74, 6) is -0.403. The van der Waals surface area contributed by atoms with E-state index in [1.54, 1.807) is 5.38 Å². The van der Waals surface area contributed by atoms with Crippen LogP contribution in [-0.4, -0.2) is 45.1 Å². The smallest absolute Gasteiger partial charge is 0.266 e. The van der Waals surface area contributed by atoms with E-state index in [4.69, 9.17) is 11.6 Å². The molecule has 4 rings (SSSR count). The standard InChI is InChI=1S/C21H29ClFN5O2S2/c22-17-10-20(32(29,30)28-21-25-7-8-31-21)18(23)11-19(17)27-12-14-3-1-4-15(9-14)26-13-16-5-2-6-24-16/h7-8,10-11,14-16,24,26-27H,1-6,9,12-13H2,(H,25,28)/t14-,15+,16+/m1/s1. The predicted octanol–water partition coefficient (Wildman–Crippen LogP) is 4.05. The first-order chi connectivity index (χ1) is 15.4. The normalized spacial score (nSPS) is 23.9. The zero-order valence-electron chi connectivity index (χ0n) is 17.7. The molecule has 1 aliphatic carbocycles. The number of rotatable bonds is 9. The summed E-state index contributed by atoms with van der Waals surface area (Å²) < 4.78 is 42.0. The number of hydrogen-bond donors (Lipinski definition) is 4. The first-order valence-corrected chi connectivity index (χ1v) is 13.8. The number of anilines is 2. The largest absolute Gasteiger partial charge is 0.383 e. The third kappa shape index (κ3) is 6.11. The summed E-state index contributed by atoms with van der Waals surface area (Å²) in [4.78, 5) is 3.38. The highest BCUT2D eigenvalue weighted by Crippen LogP contribution is 2.31. The van der Waals surface area contributed by atoms with Crippen LogP contribution in [0.1, 0.15) is 38.5 Å². The minimum Gasteiger partial charge on any atom is -0.383 e. The van der Waals surface area contributed by atoms with Gasteiger partial charge in [0.05, 0.1) is 10.7 Å². The molecule has 0 amide bonds. The highest BCUT2D eigenvalue weighted by atomic mass is 35.5. The van der Waals surface area contributed by atoms with Gasteiger partial charge in [-0.1, -0.05) is 18.0 Å². The van der Waals surface area contributed by atoms with Crippen LogP contribution >= 0.6 is 22.9 Å². The van der Waals surface area contributed by atoms with Crippen LogP contribution in [-0.2, 0) is 10.0 Å². The SMILES string of the molecule is O=S(=O)(Nc1nccs1)c1cc(Cl)c(NC[C@@H]2CCC[C@H](NC[C@@H]3CCCN3)C2)cc1F. The zero-order chi connectivity index (χ0) is 22.6. The van der Waals surface area contributed by atoms with Gasteiger partial charge in [-0.15, -0.1) is 11.3 Å². The van der Waals surface area contributed by atoms with E-state index in [2.05, 4.69) is 25.7 Å². The van der Waals surface area contributed by atoms with Crippen LogP contribution in [0.25, 0.3) is 0 Å². The molecule has 2 heterocycles. The average Bonchev–Trinajstić information content (AvgIpc) is 3.47. The van der Waals surface area contributed by atoms with E-state index in [0.717, 1.165) is 55.8 Å². The fourth-order valence-electron chi connectivity index (χ4n) is 4.47. The van der Waals surface area contributed by atoms with E-state index in [1.165, 1.54) is 25.5 Å². The Hall–Kier alpha value is -1.46. The lowest BCUT2D eigenvalue weighted by Crippen LogP contribution is -2.42. The molecule has 2 aliphatic rings. The van der Waals surface area contributed by atoms with Crippen molar-refractivity contribution in [1.29, 1.82) is 0 Å². The molecule has 1 aromatic heterocycles. The zero-order valence-corrected chi connectivity index (χ0v) is 20.1. The van der Waals surface area contributed by atoms with E-state index in [1.807, 2.05) is 0 Å². The van der Waals surface area contributed by atoms with Gasteiger partial charge in [0, 0.05) is 36.8 Å². The molecule has 1 aromatic carbocycles. The lowest BCUT2D eigenvalue weighted by atomic mass is 9.85. The molecule has 3 atom stereocenters. The summed E-state index contributed by atoms with van der Waals surface area (Å²) in [5.41, 5.74) is 0.405. The molecule has 1 saturated heterocycles. The third-order valence-electron chi connectivity index (χ3n) is 6.14. The summed E-state index contributed by atoms with van der Waals surface area (Å²) in [5, 5.41) is 12.4. The van der Waals surface area contributed by atoms with Gasteiger partial charge in [-0.3, -0.25) is 4.72 Å². The van der Waals surface area contributed by atoms with Gasteiger partial charge in [0.25, 0.3) is 10.0 Å². The van der Waals surface area contributed by atoms with Crippen molar-refractivity contribution in [2.75, 3.05) is 29.7 Å². The number of hydrogen-bond acceptors (Lipinski definition) is 7. The van der Waals surface area contributed by atoms with Crippen molar-refractivity contribution in [2.24, 2.45) is 5.92 Å². The second kappa shape index (κ2) is 10.6. The molecule has 0 spiro atoms. The summed E-state index contributed by atoms with van der Waals surface area (Å²) in [6.45, 7) is 2.79. The lowest BCUT2D eigenvalue weighted by molar-refractivity contribution is 0.289. The third-order valence-corrected chi connectivity index (χ3v) is 8.63. The number of benzene rings is 1. The number of aromatic nitrogens is 1. The Labute approximate surface area is 197 Å². The van der Waals surface area contributed by atoms with Gasteiger partial charge in [-0.05, 0) is 56.7 Å². The summed E-state index contributed by atoms with van der Waals surface area (Å²) in [6.07, 6.45) is 8.46. The van der Waals surface area contributed by atoms with E-state index in [-0.39, 0.29) is 10.2 Å². The Kier molecular flexibility index (Phi) is 7.88. The molecule has 0 radical (unpaired) electrons. The van der Waals surface area contributed by atoms with Crippen molar-refractivity contribution in [3.8, 4) is 0 Å². The van der Waals surface area contributed by atoms with Gasteiger partial charge in [0.15, 0.2) is 5.13 Å². The highest BCUT2D eigenvalue weighted by Gasteiger charge is 2.25. The molecule has 2 aromatic rings. The fraction of sp³-hybridized carbons (Fsp3) is 0.571. The van der Waals surface area contributed by atoms with E-state index in [0.29, 0.717) is 30.2 Å². The minimum absolute atomic E-state index is 0.170. The monoisotopic (exact) mass is 501 g/mol. The quantitative estimate of drug-likeness (QED) is 0.414. The Morgan fingerprint density at radius 2 is 2.09 bits per heavy atom. The molecule has 4 N–H and O–H groups in total. The molecular weight excluding hydrogens is 473 g/mol. The van der Waals surface area contributed by atoms with Crippen LogP contribution in [0.2, 0.25) is 5.02 Å². The molecule has 176 valence electrons. The van der Waals surface area contributed by atoms with Gasteiger partial charge in [0.1, 0.15) is 10.7 Å². The highest BCUT2D eigenvalue weighted by molar-refractivity contribution is 7.93. The molecular formula is C21H29ClFN5O2S2. The molecule has 1 aliphatic heterocycles. The van der Waals surface area contributed by atoms with Crippen LogP contribution in [0.4, 0.5) is 15.2 Å². The van der Waals surface area contributed by atoms with Crippen LogP contribution < -0.4 is 20.7 Å². The van der Waals surface area contributed by atoms with E-state index in [9.17, 15) is 12.8 Å². The Balaban J connectivity index is 1.33. The van der Waals surface area contributed by atoms with Crippen LogP contribution in [0.5, 0.6) is 0 Å². The molecule has 1 saturated carbocycles. The summed E-state index contributed by atoms with van der Waals surface area (Å²) >= 11 is 7.42. The van der Waals surface area contributed by atoms with Crippen LogP contribution in [0, 0.1) is 11.7 Å². The van der Waals surface area contributed by atoms with Crippen LogP contribution in [0.15, 0.2) is 28.6 Å². The first-order valence-electron chi connectivity index (χ1n) is 11.0. The van der Waals surface area contributed by atoms with Crippen molar-refractivity contribution in [3.63, 3.8) is 0 Å². The fourth-order valence-corrected chi connectivity index (χ4v) is 6.64. The molecule has 0 unspecified atom stereocenters. The molecule has 11 heteroatoms. The minimum atomic E-state index is -4.11. The topological polar surface area (TPSA) is 95.2 Å².